The topological polar surface area (TPSA) is 53.6 Å². The molecule has 0 bridgehead atoms. The second-order valence-corrected chi connectivity index (χ2v) is 4.62. The minimum atomic E-state index is 0.425. The molecule has 0 aliphatic heterocycles. The van der Waals surface area contributed by atoms with Crippen LogP contribution in [0.3, 0.4) is 0 Å². The number of hydrazine groups is 1. The molecule has 0 saturated heterocycles. The number of guanidine groups is 1. The monoisotopic (exact) mass is 246 g/mol. The predicted octanol–water partition coefficient (Wildman–Crippen LogP) is 2.27. The van der Waals surface area contributed by atoms with Gasteiger partial charge in [0.1, 0.15) is 0 Å². The SMILES string of the molecule is CCN(C(=NC1CCCC1)NN)c1ccccc1. The molecule has 0 amide bonds. The highest BCUT2D eigenvalue weighted by Crippen LogP contribution is 2.22. The minimum Gasteiger partial charge on any atom is -0.312 e. The van der Waals surface area contributed by atoms with E-state index in [4.69, 9.17) is 10.8 Å². The lowest BCUT2D eigenvalue weighted by Gasteiger charge is -2.25. The molecule has 1 aromatic rings. The highest BCUT2D eigenvalue weighted by atomic mass is 15.4. The summed E-state index contributed by atoms with van der Waals surface area (Å²) in [4.78, 5) is 6.86. The molecule has 98 valence electrons. The van der Waals surface area contributed by atoms with Crippen molar-refractivity contribution in [1.82, 2.24) is 5.43 Å². The average molecular weight is 246 g/mol. The fraction of sp³-hybridized carbons (Fsp3) is 0.500. The summed E-state index contributed by atoms with van der Waals surface area (Å²) in [6, 6.07) is 10.6. The molecule has 1 aliphatic rings. The van der Waals surface area contributed by atoms with Crippen LogP contribution in [0.1, 0.15) is 32.6 Å². The molecule has 3 N–H and O–H groups in total. The molecule has 4 nitrogen and oxygen atoms in total. The van der Waals surface area contributed by atoms with Gasteiger partial charge in [0, 0.05) is 12.2 Å². The number of para-hydroxylation sites is 1. The molecule has 0 radical (unpaired) electrons. The van der Waals surface area contributed by atoms with Gasteiger partial charge in [0.15, 0.2) is 0 Å². The van der Waals surface area contributed by atoms with Gasteiger partial charge >= 0.3 is 0 Å². The molecule has 0 atom stereocenters. The van der Waals surface area contributed by atoms with Crippen molar-refractivity contribution >= 4 is 11.6 Å². The normalized spacial score (nSPS) is 16.9. The Labute approximate surface area is 109 Å². The second kappa shape index (κ2) is 6.40. The first-order valence-corrected chi connectivity index (χ1v) is 6.72. The first-order chi connectivity index (χ1) is 8.85. The van der Waals surface area contributed by atoms with E-state index in [0.29, 0.717) is 6.04 Å². The Hall–Kier alpha value is -1.55. The number of aliphatic imine (C=N–C) groups is 1. The lowest BCUT2D eigenvalue weighted by Crippen LogP contribution is -2.45. The van der Waals surface area contributed by atoms with Crippen LogP contribution in [-0.2, 0) is 0 Å². The molecule has 2 rings (SSSR count). The van der Waals surface area contributed by atoms with Crippen LogP contribution >= 0.6 is 0 Å². The van der Waals surface area contributed by atoms with Gasteiger partial charge < -0.3 is 4.90 Å². The number of hydrogen-bond donors (Lipinski definition) is 2. The lowest BCUT2D eigenvalue weighted by atomic mass is 10.2. The van der Waals surface area contributed by atoms with Crippen molar-refractivity contribution < 1.29 is 0 Å². The molecule has 0 unspecified atom stereocenters. The van der Waals surface area contributed by atoms with Crippen LogP contribution in [0.15, 0.2) is 35.3 Å². The summed E-state index contributed by atoms with van der Waals surface area (Å²) in [7, 11) is 0. The van der Waals surface area contributed by atoms with Crippen LogP contribution in [0, 0.1) is 0 Å². The Bertz CT molecular complexity index is 382. The van der Waals surface area contributed by atoms with Crippen LogP contribution < -0.4 is 16.2 Å². The first-order valence-electron chi connectivity index (χ1n) is 6.72. The maximum absolute atomic E-state index is 5.64. The van der Waals surface area contributed by atoms with Crippen molar-refractivity contribution in [2.24, 2.45) is 10.8 Å². The van der Waals surface area contributed by atoms with Crippen molar-refractivity contribution in [3.05, 3.63) is 30.3 Å². The van der Waals surface area contributed by atoms with Crippen molar-refractivity contribution in [3.63, 3.8) is 0 Å². The molecule has 0 spiro atoms. The molecule has 0 aromatic heterocycles. The third-order valence-corrected chi connectivity index (χ3v) is 3.40. The van der Waals surface area contributed by atoms with E-state index in [1.54, 1.807) is 0 Å². The molecule has 1 aliphatic carbocycles. The summed E-state index contributed by atoms with van der Waals surface area (Å²) in [5.41, 5.74) is 3.87. The molecule has 1 aromatic carbocycles. The molecular weight excluding hydrogens is 224 g/mol. The lowest BCUT2D eigenvalue weighted by molar-refractivity contribution is 0.694. The van der Waals surface area contributed by atoms with Gasteiger partial charge in [0.2, 0.25) is 5.96 Å². The average Bonchev–Trinajstić information content (AvgIpc) is 2.92. The number of rotatable bonds is 3. The fourth-order valence-corrected chi connectivity index (χ4v) is 2.45. The zero-order valence-corrected chi connectivity index (χ0v) is 11.0. The third kappa shape index (κ3) is 3.01. The highest BCUT2D eigenvalue weighted by Gasteiger charge is 2.17. The van der Waals surface area contributed by atoms with Crippen molar-refractivity contribution in [2.75, 3.05) is 11.4 Å². The summed E-state index contributed by atoms with van der Waals surface area (Å²) in [5, 5.41) is 0. The second-order valence-electron chi connectivity index (χ2n) is 4.62. The van der Waals surface area contributed by atoms with Crippen molar-refractivity contribution in [3.8, 4) is 0 Å². The summed E-state index contributed by atoms with van der Waals surface area (Å²) in [6.07, 6.45) is 4.92. The molecular formula is C14H22N4. The van der Waals surface area contributed by atoms with Crippen LogP contribution in [0.4, 0.5) is 5.69 Å². The van der Waals surface area contributed by atoms with Gasteiger partial charge in [0.25, 0.3) is 0 Å². The molecule has 18 heavy (non-hydrogen) atoms. The van der Waals surface area contributed by atoms with Crippen molar-refractivity contribution in [2.45, 2.75) is 38.6 Å². The Balaban J connectivity index is 2.18. The van der Waals surface area contributed by atoms with Crippen LogP contribution in [0.5, 0.6) is 0 Å². The summed E-state index contributed by atoms with van der Waals surface area (Å²) in [5.74, 6) is 6.42. The number of nitrogens with two attached hydrogens (primary N) is 1. The Kier molecular flexibility index (Phi) is 4.59. The molecule has 1 saturated carbocycles. The number of anilines is 1. The molecule has 1 fully saturated rings. The van der Waals surface area contributed by atoms with E-state index in [1.807, 2.05) is 18.2 Å². The van der Waals surface area contributed by atoms with E-state index in [0.717, 1.165) is 18.2 Å². The van der Waals surface area contributed by atoms with E-state index in [-0.39, 0.29) is 0 Å². The maximum Gasteiger partial charge on any atom is 0.213 e. The van der Waals surface area contributed by atoms with Crippen LogP contribution in [0.25, 0.3) is 0 Å². The quantitative estimate of drug-likeness (QED) is 0.372. The summed E-state index contributed by atoms with van der Waals surface area (Å²) < 4.78 is 0. The third-order valence-electron chi connectivity index (χ3n) is 3.40. The van der Waals surface area contributed by atoms with Gasteiger partial charge in [-0.2, -0.15) is 0 Å². The highest BCUT2D eigenvalue weighted by molar-refractivity contribution is 5.95. The van der Waals surface area contributed by atoms with Crippen LogP contribution in [0.2, 0.25) is 0 Å². The first kappa shape index (κ1) is 12.9. The zero-order chi connectivity index (χ0) is 12.8. The summed E-state index contributed by atoms with van der Waals surface area (Å²) >= 11 is 0. The van der Waals surface area contributed by atoms with E-state index in [9.17, 15) is 0 Å². The van der Waals surface area contributed by atoms with Gasteiger partial charge in [-0.1, -0.05) is 31.0 Å². The van der Waals surface area contributed by atoms with Crippen molar-refractivity contribution in [1.29, 1.82) is 0 Å². The Morgan fingerprint density at radius 3 is 2.56 bits per heavy atom. The smallest absolute Gasteiger partial charge is 0.213 e. The van der Waals surface area contributed by atoms with Gasteiger partial charge in [-0.05, 0) is 31.9 Å². The minimum absolute atomic E-state index is 0.425. The van der Waals surface area contributed by atoms with Gasteiger partial charge in [-0.3, -0.25) is 5.43 Å². The molecule has 0 heterocycles. The maximum atomic E-state index is 5.64. The zero-order valence-electron chi connectivity index (χ0n) is 11.0. The number of nitrogens with zero attached hydrogens (tertiary/aromatic N) is 2. The number of hydrogen-bond acceptors (Lipinski definition) is 2. The standard InChI is InChI=1S/C14H22N4/c1-2-18(13-10-4-3-5-11-13)14(17-15)16-12-8-6-7-9-12/h3-5,10-12H,2,6-9,15H2,1H3,(H,16,17). The van der Waals surface area contributed by atoms with Gasteiger partial charge in [-0.25, -0.2) is 10.8 Å². The predicted molar refractivity (Wildman–Crippen MR) is 76.5 cm³/mol. The van der Waals surface area contributed by atoms with Crippen LogP contribution in [-0.4, -0.2) is 18.5 Å². The Morgan fingerprint density at radius 2 is 2.00 bits per heavy atom. The fourth-order valence-electron chi connectivity index (χ4n) is 2.45. The largest absolute Gasteiger partial charge is 0.312 e. The van der Waals surface area contributed by atoms with E-state index in [1.165, 1.54) is 25.7 Å². The number of nitrogens with one attached hydrogen (secondary N) is 1. The van der Waals surface area contributed by atoms with Gasteiger partial charge in [0.05, 0.1) is 6.04 Å². The molecule has 4 heteroatoms. The van der Waals surface area contributed by atoms with E-state index in [2.05, 4.69) is 29.4 Å². The van der Waals surface area contributed by atoms with Gasteiger partial charge in [-0.15, -0.1) is 0 Å². The van der Waals surface area contributed by atoms with E-state index >= 15 is 0 Å². The summed E-state index contributed by atoms with van der Waals surface area (Å²) in [6.45, 7) is 2.95. The number of benzene rings is 1. The van der Waals surface area contributed by atoms with E-state index < -0.39 is 0 Å². The Morgan fingerprint density at radius 1 is 1.33 bits per heavy atom.